The van der Waals surface area contributed by atoms with Gasteiger partial charge in [0, 0.05) is 23.0 Å². The van der Waals surface area contributed by atoms with Crippen molar-refractivity contribution in [2.75, 3.05) is 11.9 Å². The first kappa shape index (κ1) is 30.9. The van der Waals surface area contributed by atoms with Crippen LogP contribution in [-0.2, 0) is 32.1 Å². The maximum Gasteiger partial charge on any atom is 0.410 e. The van der Waals surface area contributed by atoms with Crippen molar-refractivity contribution in [3.05, 3.63) is 124 Å². The van der Waals surface area contributed by atoms with Gasteiger partial charge < -0.3 is 20.5 Å². The number of benzene rings is 4. The van der Waals surface area contributed by atoms with Crippen molar-refractivity contribution in [1.82, 2.24) is 10.2 Å². The van der Waals surface area contributed by atoms with Crippen LogP contribution in [0.5, 0.6) is 0 Å². The molecule has 1 unspecified atom stereocenters. The normalized spacial score (nSPS) is 15.6. The van der Waals surface area contributed by atoms with E-state index >= 15 is 0 Å². The van der Waals surface area contributed by atoms with Gasteiger partial charge in [-0.2, -0.15) is 0 Å². The van der Waals surface area contributed by atoms with E-state index in [1.165, 1.54) is 4.90 Å². The van der Waals surface area contributed by atoms with Crippen molar-refractivity contribution in [1.29, 1.82) is 0 Å². The minimum atomic E-state index is -1.40. The number of amides is 3. The van der Waals surface area contributed by atoms with Crippen LogP contribution in [-0.4, -0.2) is 52.6 Å². The van der Waals surface area contributed by atoms with E-state index in [9.17, 15) is 24.3 Å². The summed E-state index contributed by atoms with van der Waals surface area (Å²) >= 11 is 6.09. The largest absolute Gasteiger partial charge is 0.481 e. The van der Waals surface area contributed by atoms with Crippen LogP contribution in [0, 0.1) is 6.92 Å². The molecule has 0 saturated carbocycles. The number of aliphatic carboxylic acids is 1. The van der Waals surface area contributed by atoms with Gasteiger partial charge >= 0.3 is 12.1 Å². The van der Waals surface area contributed by atoms with E-state index in [-0.39, 0.29) is 25.5 Å². The number of carbonyl (C=O) groups is 4. The number of carboxylic acid groups (broad SMARTS) is 1. The quantitative estimate of drug-likeness (QED) is 0.220. The maximum atomic E-state index is 13.8. The lowest BCUT2D eigenvalue weighted by atomic mass is 9.93. The number of nitrogens with zero attached hydrogens (tertiary/aromatic N) is 1. The summed E-state index contributed by atoms with van der Waals surface area (Å²) in [6, 6.07) is 25.9. The van der Waals surface area contributed by atoms with Gasteiger partial charge in [0.1, 0.15) is 18.7 Å². The summed E-state index contributed by atoms with van der Waals surface area (Å²) < 4.78 is 5.91. The Morgan fingerprint density at radius 2 is 1.54 bits per heavy atom. The fraction of sp³-hybridized carbons (Fsp3) is 0.222. The van der Waals surface area contributed by atoms with Crippen LogP contribution in [0.2, 0.25) is 5.02 Å². The fourth-order valence-corrected chi connectivity index (χ4v) is 6.35. The van der Waals surface area contributed by atoms with Crippen LogP contribution in [0.4, 0.5) is 10.5 Å². The van der Waals surface area contributed by atoms with Crippen molar-refractivity contribution in [2.45, 2.75) is 44.3 Å². The zero-order chi connectivity index (χ0) is 32.4. The van der Waals surface area contributed by atoms with Crippen molar-refractivity contribution < 1.29 is 29.0 Å². The molecule has 2 aliphatic rings. The molecule has 2 atom stereocenters. The molecule has 4 aromatic carbocycles. The Labute approximate surface area is 271 Å². The summed E-state index contributed by atoms with van der Waals surface area (Å²) in [6.07, 6.45) is -1.16. The van der Waals surface area contributed by atoms with Crippen LogP contribution in [0.15, 0.2) is 91.0 Å². The number of rotatable bonds is 8. The van der Waals surface area contributed by atoms with Gasteiger partial charge in [0.15, 0.2) is 0 Å². The van der Waals surface area contributed by atoms with E-state index in [1.54, 1.807) is 25.1 Å². The molecule has 0 bridgehead atoms. The Balaban J connectivity index is 1.21. The highest BCUT2D eigenvalue weighted by atomic mass is 35.5. The molecule has 1 aliphatic heterocycles. The minimum Gasteiger partial charge on any atom is -0.481 e. The molecule has 0 spiro atoms. The molecule has 1 heterocycles. The molecule has 10 heteroatoms. The number of carbonyl (C=O) groups excluding carboxylic acids is 3. The monoisotopic (exact) mass is 637 g/mol. The van der Waals surface area contributed by atoms with Crippen molar-refractivity contribution in [3.63, 3.8) is 0 Å². The van der Waals surface area contributed by atoms with Crippen LogP contribution in [0.3, 0.4) is 0 Å². The highest BCUT2D eigenvalue weighted by Gasteiger charge is 2.38. The smallest absolute Gasteiger partial charge is 0.410 e. The standard InChI is InChI=1S/C36H32ClN3O6/c1-21-16-24(14-15-30(21)37)38-34(43)31(18-33(41)42)39-35(44)32-17-22-8-2-3-9-23(22)19-40(32)36(45)46-20-29-27-12-6-4-10-25(27)26-11-5-7-13-28(26)29/h2-16,29,31-32H,17-20H2,1H3,(H,38,43)(H,39,44)(H,41,42)/t31?,32-/m0/s1. The lowest BCUT2D eigenvalue weighted by Crippen LogP contribution is -2.56. The van der Waals surface area contributed by atoms with Crippen molar-refractivity contribution in [3.8, 4) is 11.1 Å². The van der Waals surface area contributed by atoms with Gasteiger partial charge in [-0.25, -0.2) is 4.79 Å². The first-order chi connectivity index (χ1) is 22.2. The van der Waals surface area contributed by atoms with Gasteiger partial charge in [-0.1, -0.05) is 84.4 Å². The molecule has 0 aromatic heterocycles. The summed E-state index contributed by atoms with van der Waals surface area (Å²) in [5.41, 5.74) is 7.20. The molecule has 234 valence electrons. The molecule has 3 amide bonds. The van der Waals surface area contributed by atoms with E-state index in [2.05, 4.69) is 22.8 Å². The van der Waals surface area contributed by atoms with Crippen LogP contribution >= 0.6 is 11.6 Å². The zero-order valence-electron chi connectivity index (χ0n) is 25.0. The molecule has 1 aliphatic carbocycles. The number of hydrogen-bond donors (Lipinski definition) is 3. The van der Waals surface area contributed by atoms with E-state index in [0.29, 0.717) is 10.7 Å². The van der Waals surface area contributed by atoms with Gasteiger partial charge in [-0.05, 0) is 64.1 Å². The SMILES string of the molecule is Cc1cc(NC(=O)C(CC(=O)O)NC(=O)[C@@H]2Cc3ccccc3CN2C(=O)OCC2c3ccccc3-c3ccccc32)ccc1Cl. The number of anilines is 1. The van der Waals surface area contributed by atoms with Crippen LogP contribution < -0.4 is 10.6 Å². The number of nitrogens with one attached hydrogen (secondary N) is 2. The average molecular weight is 638 g/mol. The van der Waals surface area contributed by atoms with E-state index < -0.39 is 42.4 Å². The Morgan fingerprint density at radius 1 is 0.913 bits per heavy atom. The second kappa shape index (κ2) is 13.1. The predicted molar refractivity (Wildman–Crippen MR) is 174 cm³/mol. The number of hydrogen-bond acceptors (Lipinski definition) is 5. The zero-order valence-corrected chi connectivity index (χ0v) is 25.8. The molecular formula is C36H32ClN3O6. The Morgan fingerprint density at radius 3 is 2.20 bits per heavy atom. The summed E-state index contributed by atoms with van der Waals surface area (Å²) in [4.78, 5) is 53.8. The molecule has 0 radical (unpaired) electrons. The maximum absolute atomic E-state index is 13.8. The molecule has 6 rings (SSSR count). The number of ether oxygens (including phenoxy) is 1. The lowest BCUT2D eigenvalue weighted by molar-refractivity contribution is -0.140. The lowest BCUT2D eigenvalue weighted by Gasteiger charge is -2.36. The number of halogens is 1. The third-order valence-electron chi connectivity index (χ3n) is 8.56. The van der Waals surface area contributed by atoms with Crippen LogP contribution in [0.25, 0.3) is 11.1 Å². The van der Waals surface area contributed by atoms with Gasteiger partial charge in [0.2, 0.25) is 11.8 Å². The third-order valence-corrected chi connectivity index (χ3v) is 8.98. The average Bonchev–Trinajstić information content (AvgIpc) is 3.37. The second-order valence-electron chi connectivity index (χ2n) is 11.5. The first-order valence-corrected chi connectivity index (χ1v) is 15.3. The summed E-state index contributed by atoms with van der Waals surface area (Å²) in [6.45, 7) is 1.96. The van der Waals surface area contributed by atoms with Gasteiger partial charge in [0.25, 0.3) is 0 Å². The highest BCUT2D eigenvalue weighted by molar-refractivity contribution is 6.31. The second-order valence-corrected chi connectivity index (χ2v) is 11.9. The number of fused-ring (bicyclic) bond motifs is 4. The molecular weight excluding hydrogens is 606 g/mol. The molecule has 9 nitrogen and oxygen atoms in total. The molecule has 0 fully saturated rings. The van der Waals surface area contributed by atoms with Crippen LogP contribution in [0.1, 0.15) is 40.2 Å². The molecule has 46 heavy (non-hydrogen) atoms. The van der Waals surface area contributed by atoms with Gasteiger partial charge in [-0.15, -0.1) is 0 Å². The fourth-order valence-electron chi connectivity index (χ4n) is 6.23. The Bertz CT molecular complexity index is 1800. The number of carboxylic acids is 1. The van der Waals surface area contributed by atoms with E-state index in [0.717, 1.165) is 38.9 Å². The summed E-state index contributed by atoms with van der Waals surface area (Å²) in [5.74, 6) is -2.80. The number of aryl methyl sites for hydroxylation is 1. The van der Waals surface area contributed by atoms with E-state index in [4.69, 9.17) is 16.3 Å². The first-order valence-electron chi connectivity index (χ1n) is 15.0. The third kappa shape index (κ3) is 6.32. The predicted octanol–water partition coefficient (Wildman–Crippen LogP) is 5.92. The summed E-state index contributed by atoms with van der Waals surface area (Å²) in [7, 11) is 0. The van der Waals surface area contributed by atoms with E-state index in [1.807, 2.05) is 60.7 Å². The Kier molecular flexibility index (Phi) is 8.76. The molecule has 3 N–H and O–H groups in total. The topological polar surface area (TPSA) is 125 Å². The highest BCUT2D eigenvalue weighted by Crippen LogP contribution is 2.44. The summed E-state index contributed by atoms with van der Waals surface area (Å²) in [5, 5.41) is 15.3. The molecule has 4 aromatic rings. The van der Waals surface area contributed by atoms with Gasteiger partial charge in [-0.3, -0.25) is 19.3 Å². The minimum absolute atomic E-state index is 0.0733. The van der Waals surface area contributed by atoms with Crippen molar-refractivity contribution in [2.24, 2.45) is 0 Å². The van der Waals surface area contributed by atoms with Gasteiger partial charge in [0.05, 0.1) is 13.0 Å². The Hall–Kier alpha value is -5.15. The van der Waals surface area contributed by atoms with Crippen molar-refractivity contribution >= 4 is 41.2 Å². The molecule has 0 saturated heterocycles.